The molecule has 1 aliphatic heterocycles. The molecule has 1 amide bonds. The first-order valence-electron chi connectivity index (χ1n) is 11.8. The fraction of sp³-hybridized carbons (Fsp3) is 0.259. The molecular formula is C27H27ClFN3O5. The van der Waals surface area contributed by atoms with Gasteiger partial charge in [0, 0.05) is 42.0 Å². The molecule has 4 rings (SSSR count). The lowest BCUT2D eigenvalue weighted by Gasteiger charge is -2.22. The summed E-state index contributed by atoms with van der Waals surface area (Å²) in [6.07, 6.45) is 1.46. The molecule has 3 aromatic carbocycles. The van der Waals surface area contributed by atoms with Crippen LogP contribution in [-0.2, 0) is 11.4 Å². The summed E-state index contributed by atoms with van der Waals surface area (Å²) >= 11 is 6.16. The number of carbonyl (C=O) groups excluding carboxylic acids is 1. The Kier molecular flexibility index (Phi) is 8.68. The van der Waals surface area contributed by atoms with Crippen LogP contribution in [0.4, 0.5) is 10.1 Å². The molecule has 0 saturated heterocycles. The van der Waals surface area contributed by atoms with Gasteiger partial charge >= 0.3 is 0 Å². The first-order chi connectivity index (χ1) is 18.0. The molecular weight excluding hydrogens is 501 g/mol. The molecule has 0 fully saturated rings. The number of nitrogens with one attached hydrogen (secondary N) is 1. The second-order valence-corrected chi connectivity index (χ2v) is 8.39. The second kappa shape index (κ2) is 12.3. The topological polar surface area (TPSA) is 81.6 Å². The van der Waals surface area contributed by atoms with Gasteiger partial charge in [0.1, 0.15) is 23.9 Å². The van der Waals surface area contributed by atoms with Gasteiger partial charge in [0.25, 0.3) is 5.91 Å². The monoisotopic (exact) mass is 527 g/mol. The average Bonchev–Trinajstić information content (AvgIpc) is 3.37. The summed E-state index contributed by atoms with van der Waals surface area (Å²) < 4.78 is 36.3. The third kappa shape index (κ3) is 6.62. The predicted octanol–water partition coefficient (Wildman–Crippen LogP) is 5.16. The van der Waals surface area contributed by atoms with Crippen molar-refractivity contribution in [2.45, 2.75) is 20.5 Å². The zero-order valence-corrected chi connectivity index (χ0v) is 21.3. The summed E-state index contributed by atoms with van der Waals surface area (Å²) in [5, 5.41) is 4.32. The van der Waals surface area contributed by atoms with Gasteiger partial charge in [-0.1, -0.05) is 17.7 Å². The van der Waals surface area contributed by atoms with Gasteiger partial charge in [-0.15, -0.1) is 0 Å². The fourth-order valence-corrected chi connectivity index (χ4v) is 3.90. The number of fused-ring (bicyclic) bond motifs is 1. The van der Waals surface area contributed by atoms with Crippen molar-refractivity contribution in [1.29, 1.82) is 0 Å². The van der Waals surface area contributed by atoms with Gasteiger partial charge in [-0.05, 0) is 50.2 Å². The third-order valence-corrected chi connectivity index (χ3v) is 6.02. The largest absolute Gasteiger partial charge is 0.488 e. The van der Waals surface area contributed by atoms with Crippen LogP contribution in [0.15, 0.2) is 59.7 Å². The highest BCUT2D eigenvalue weighted by atomic mass is 35.5. The van der Waals surface area contributed by atoms with Crippen molar-refractivity contribution in [3.8, 4) is 23.0 Å². The summed E-state index contributed by atoms with van der Waals surface area (Å²) in [4.78, 5) is 14.4. The van der Waals surface area contributed by atoms with E-state index >= 15 is 0 Å². The van der Waals surface area contributed by atoms with E-state index < -0.39 is 11.7 Å². The summed E-state index contributed by atoms with van der Waals surface area (Å²) in [5.74, 6) is 1.24. The molecule has 1 aliphatic rings. The lowest BCUT2D eigenvalue weighted by molar-refractivity contribution is -0.123. The van der Waals surface area contributed by atoms with E-state index in [1.165, 1.54) is 12.3 Å². The van der Waals surface area contributed by atoms with Crippen molar-refractivity contribution in [1.82, 2.24) is 5.43 Å². The van der Waals surface area contributed by atoms with Gasteiger partial charge < -0.3 is 23.8 Å². The maximum Gasteiger partial charge on any atom is 0.277 e. The molecule has 0 unspecified atom stereocenters. The van der Waals surface area contributed by atoms with E-state index in [-0.39, 0.29) is 30.6 Å². The van der Waals surface area contributed by atoms with Crippen molar-refractivity contribution in [2.75, 3.05) is 31.4 Å². The Balaban J connectivity index is 1.42. The summed E-state index contributed by atoms with van der Waals surface area (Å²) in [5.41, 5.74) is 4.23. The van der Waals surface area contributed by atoms with Gasteiger partial charge in [0.2, 0.25) is 6.79 Å². The molecule has 0 radical (unpaired) electrons. The number of nitrogens with zero attached hydrogens (tertiary/aromatic N) is 2. The van der Waals surface area contributed by atoms with E-state index in [9.17, 15) is 9.18 Å². The van der Waals surface area contributed by atoms with Crippen molar-refractivity contribution in [3.05, 3.63) is 76.6 Å². The molecule has 0 aromatic heterocycles. The van der Waals surface area contributed by atoms with Crippen molar-refractivity contribution in [3.63, 3.8) is 0 Å². The molecule has 10 heteroatoms. The first kappa shape index (κ1) is 26.1. The number of anilines is 1. The van der Waals surface area contributed by atoms with E-state index in [0.717, 1.165) is 18.8 Å². The highest BCUT2D eigenvalue weighted by molar-refractivity contribution is 6.31. The van der Waals surface area contributed by atoms with E-state index in [0.29, 0.717) is 28.6 Å². The molecule has 194 valence electrons. The number of rotatable bonds is 11. The second-order valence-electron chi connectivity index (χ2n) is 7.98. The van der Waals surface area contributed by atoms with Gasteiger partial charge in [0.15, 0.2) is 18.1 Å². The number of carbonyl (C=O) groups is 1. The van der Waals surface area contributed by atoms with Crippen molar-refractivity contribution in [2.24, 2.45) is 5.10 Å². The molecule has 0 bridgehead atoms. The minimum absolute atomic E-state index is 0.0657. The summed E-state index contributed by atoms with van der Waals surface area (Å²) in [7, 11) is 0. The normalized spacial score (nSPS) is 12.0. The molecule has 3 aromatic rings. The van der Waals surface area contributed by atoms with Gasteiger partial charge in [0.05, 0.1) is 11.2 Å². The van der Waals surface area contributed by atoms with Crippen LogP contribution < -0.4 is 29.3 Å². The Hall–Kier alpha value is -3.98. The number of hydrazone groups is 1. The zero-order valence-electron chi connectivity index (χ0n) is 20.5. The summed E-state index contributed by atoms with van der Waals surface area (Å²) in [6.45, 7) is 5.57. The maximum atomic E-state index is 14.3. The van der Waals surface area contributed by atoms with E-state index in [1.807, 2.05) is 18.2 Å². The lowest BCUT2D eigenvalue weighted by Crippen LogP contribution is -2.24. The highest BCUT2D eigenvalue weighted by Crippen LogP contribution is 2.35. The molecule has 1 N–H and O–H groups in total. The first-order valence-corrected chi connectivity index (χ1v) is 12.1. The van der Waals surface area contributed by atoms with Crippen LogP contribution in [0.5, 0.6) is 23.0 Å². The molecule has 0 atom stereocenters. The van der Waals surface area contributed by atoms with Crippen molar-refractivity contribution < 1.29 is 28.1 Å². The number of ether oxygens (including phenoxy) is 4. The highest BCUT2D eigenvalue weighted by Gasteiger charge is 2.15. The third-order valence-electron chi connectivity index (χ3n) is 5.67. The van der Waals surface area contributed by atoms with Crippen LogP contribution in [0.25, 0.3) is 0 Å². The molecule has 0 aliphatic carbocycles. The van der Waals surface area contributed by atoms with Gasteiger partial charge in [-0.3, -0.25) is 4.79 Å². The minimum Gasteiger partial charge on any atom is -0.488 e. The minimum atomic E-state index is -0.450. The standard InChI is InChI=1S/C27H27ClFN3O5/c1-3-32(4-2)19-9-8-18(25(12-19)35-15-21-22(28)6-5-7-23(21)29)14-30-31-27(33)16-34-20-10-11-24-26(13-20)37-17-36-24/h5-14H,3-4,15-17H2,1-2H3,(H,31,33)/b30-14+. The number of hydrogen-bond donors (Lipinski definition) is 1. The maximum absolute atomic E-state index is 14.3. The Morgan fingerprint density at radius 3 is 2.70 bits per heavy atom. The average molecular weight is 528 g/mol. The van der Waals surface area contributed by atoms with Crippen molar-refractivity contribution >= 4 is 29.4 Å². The summed E-state index contributed by atoms with van der Waals surface area (Å²) in [6, 6.07) is 15.2. The fourth-order valence-electron chi connectivity index (χ4n) is 3.68. The van der Waals surface area contributed by atoms with E-state index in [1.54, 1.807) is 30.3 Å². The van der Waals surface area contributed by atoms with Crippen LogP contribution >= 0.6 is 11.6 Å². The predicted molar refractivity (Wildman–Crippen MR) is 140 cm³/mol. The van der Waals surface area contributed by atoms with Crippen LogP contribution in [0.3, 0.4) is 0 Å². The van der Waals surface area contributed by atoms with E-state index in [2.05, 4.69) is 29.3 Å². The molecule has 8 nitrogen and oxygen atoms in total. The van der Waals surface area contributed by atoms with Crippen LogP contribution in [0.1, 0.15) is 25.0 Å². The quantitative estimate of drug-likeness (QED) is 0.274. The van der Waals surface area contributed by atoms with Crippen LogP contribution in [-0.4, -0.2) is 38.6 Å². The lowest BCUT2D eigenvalue weighted by atomic mass is 10.1. The Labute approximate surface area is 219 Å². The smallest absolute Gasteiger partial charge is 0.277 e. The SMILES string of the molecule is CCN(CC)c1ccc(/C=N/NC(=O)COc2ccc3c(c2)OCO3)c(OCc2c(F)cccc2Cl)c1. The van der Waals surface area contributed by atoms with Gasteiger partial charge in [-0.25, -0.2) is 9.82 Å². The number of halogens is 2. The molecule has 37 heavy (non-hydrogen) atoms. The number of hydrogen-bond acceptors (Lipinski definition) is 7. The van der Waals surface area contributed by atoms with Gasteiger partial charge in [-0.2, -0.15) is 5.10 Å². The Bertz CT molecular complexity index is 1260. The Morgan fingerprint density at radius 1 is 1.11 bits per heavy atom. The Morgan fingerprint density at radius 2 is 1.92 bits per heavy atom. The molecule has 0 spiro atoms. The van der Waals surface area contributed by atoms with Crippen LogP contribution in [0.2, 0.25) is 5.02 Å². The van der Waals surface area contributed by atoms with E-state index in [4.69, 9.17) is 30.5 Å². The molecule has 1 heterocycles. The van der Waals surface area contributed by atoms with Crippen LogP contribution in [0, 0.1) is 5.82 Å². The number of benzene rings is 3. The zero-order chi connectivity index (χ0) is 26.2. The molecule has 0 saturated carbocycles. The number of amides is 1.